The van der Waals surface area contributed by atoms with Crippen LogP contribution in [0.3, 0.4) is 0 Å². The minimum atomic E-state index is -4.94. The highest BCUT2D eigenvalue weighted by Crippen LogP contribution is 2.36. The molecule has 0 fully saturated rings. The number of carbonyl (C=O) groups excluding carboxylic acids is 2. The fraction of sp³-hybridized carbons (Fsp3) is 0.714. The average molecular weight is 519 g/mol. The quantitative estimate of drug-likeness (QED) is 0.0641. The van der Waals surface area contributed by atoms with E-state index in [1.54, 1.807) is 13.8 Å². The van der Waals surface area contributed by atoms with Crippen molar-refractivity contribution in [1.29, 1.82) is 0 Å². The molecule has 8 heteroatoms. The Morgan fingerprint density at radius 3 is 1.72 bits per heavy atom. The second kappa shape index (κ2) is 16.6. The van der Waals surface area contributed by atoms with Crippen molar-refractivity contribution in [1.82, 2.24) is 0 Å². The van der Waals surface area contributed by atoms with Gasteiger partial charge in [-0.15, -0.1) is 0 Å². The molecule has 0 radical (unpaired) electrons. The Morgan fingerprint density at radius 1 is 0.750 bits per heavy atom. The van der Waals surface area contributed by atoms with Crippen LogP contribution < -0.4 is 4.74 Å². The van der Waals surface area contributed by atoms with Crippen LogP contribution in [0, 0.1) is 11.2 Å². The molecule has 0 heterocycles. The molecule has 0 atom stereocenters. The number of rotatable bonds is 18. The number of hydrogen-bond acceptors (Lipinski definition) is 4. The van der Waals surface area contributed by atoms with E-state index in [9.17, 15) is 27.2 Å². The minimum absolute atomic E-state index is 0.0141. The Morgan fingerprint density at radius 2 is 1.25 bits per heavy atom. The van der Waals surface area contributed by atoms with Gasteiger partial charge in [-0.25, -0.2) is 4.39 Å². The first kappa shape index (κ1) is 31.9. The average Bonchev–Trinajstić information content (AvgIpc) is 2.83. The van der Waals surface area contributed by atoms with E-state index in [0.29, 0.717) is 12.5 Å². The summed E-state index contributed by atoms with van der Waals surface area (Å²) in [7, 11) is 0. The Labute approximate surface area is 213 Å². The summed E-state index contributed by atoms with van der Waals surface area (Å²) in [6, 6.07) is 2.43. The summed E-state index contributed by atoms with van der Waals surface area (Å²) in [5.41, 5.74) is -3.25. The number of benzene rings is 1. The van der Waals surface area contributed by atoms with Gasteiger partial charge in [0.05, 0.1) is 12.2 Å². The first-order chi connectivity index (χ1) is 17.1. The highest BCUT2D eigenvalue weighted by molar-refractivity contribution is 6.00. The molecule has 0 aromatic heterocycles. The van der Waals surface area contributed by atoms with Crippen molar-refractivity contribution in [2.75, 3.05) is 6.61 Å². The summed E-state index contributed by atoms with van der Waals surface area (Å²) in [5.74, 6) is -4.47. The van der Waals surface area contributed by atoms with Gasteiger partial charge in [-0.05, 0) is 31.4 Å². The van der Waals surface area contributed by atoms with Crippen molar-refractivity contribution in [2.45, 2.75) is 117 Å². The second-order valence-corrected chi connectivity index (χ2v) is 9.32. The fourth-order valence-corrected chi connectivity index (χ4v) is 4.16. The van der Waals surface area contributed by atoms with Crippen LogP contribution in [0.2, 0.25) is 0 Å². The monoisotopic (exact) mass is 518 g/mol. The van der Waals surface area contributed by atoms with Gasteiger partial charge in [0.2, 0.25) is 0 Å². The lowest BCUT2D eigenvalue weighted by molar-refractivity contribution is -0.168. The summed E-state index contributed by atoms with van der Waals surface area (Å²) < 4.78 is 63.5. The third-order valence-electron chi connectivity index (χ3n) is 6.69. The lowest BCUT2D eigenvalue weighted by Crippen LogP contribution is -2.42. The summed E-state index contributed by atoms with van der Waals surface area (Å²) in [6.07, 6.45) is 9.05. The van der Waals surface area contributed by atoms with E-state index in [-0.39, 0.29) is 19.4 Å². The molecule has 0 saturated carbocycles. The molecule has 0 bridgehead atoms. The maximum absolute atomic E-state index is 14.3. The highest BCUT2D eigenvalue weighted by Gasteiger charge is 2.47. The highest BCUT2D eigenvalue weighted by atomic mass is 19.4. The molecule has 4 nitrogen and oxygen atoms in total. The fourth-order valence-electron chi connectivity index (χ4n) is 4.16. The number of unbranched alkanes of at least 4 members (excludes halogenated alkanes) is 11. The Balaban J connectivity index is 2.47. The molecule has 0 spiro atoms. The number of alkyl halides is 3. The van der Waals surface area contributed by atoms with E-state index in [2.05, 4.69) is 6.92 Å². The zero-order chi connectivity index (χ0) is 27.0. The van der Waals surface area contributed by atoms with Crippen molar-refractivity contribution in [3.05, 3.63) is 29.6 Å². The molecule has 0 aliphatic rings. The van der Waals surface area contributed by atoms with Crippen LogP contribution in [0.1, 0.15) is 116 Å². The van der Waals surface area contributed by atoms with Gasteiger partial charge < -0.3 is 9.47 Å². The lowest BCUT2D eigenvalue weighted by Gasteiger charge is -2.27. The predicted molar refractivity (Wildman–Crippen MR) is 132 cm³/mol. The molecule has 206 valence electrons. The summed E-state index contributed by atoms with van der Waals surface area (Å²) >= 11 is 0. The van der Waals surface area contributed by atoms with E-state index in [0.717, 1.165) is 31.4 Å². The van der Waals surface area contributed by atoms with Crippen LogP contribution in [0.5, 0.6) is 5.75 Å². The second-order valence-electron chi connectivity index (χ2n) is 9.32. The molecule has 0 aliphatic heterocycles. The van der Waals surface area contributed by atoms with Gasteiger partial charge in [-0.1, -0.05) is 97.5 Å². The third kappa shape index (κ3) is 10.1. The molecule has 1 rings (SSSR count). The van der Waals surface area contributed by atoms with Gasteiger partial charge >= 0.3 is 18.1 Å². The van der Waals surface area contributed by atoms with Crippen LogP contribution >= 0.6 is 0 Å². The smallest absolute Gasteiger partial charge is 0.419 e. The van der Waals surface area contributed by atoms with Gasteiger partial charge in [-0.3, -0.25) is 9.59 Å². The van der Waals surface area contributed by atoms with E-state index >= 15 is 0 Å². The number of carbonyl (C=O) groups is 2. The molecule has 0 saturated heterocycles. The van der Waals surface area contributed by atoms with E-state index in [4.69, 9.17) is 9.47 Å². The van der Waals surface area contributed by atoms with Crippen LogP contribution in [0.15, 0.2) is 18.2 Å². The normalized spacial score (nSPS) is 12.0. The van der Waals surface area contributed by atoms with Crippen molar-refractivity contribution in [3.63, 3.8) is 0 Å². The minimum Gasteiger partial charge on any atom is -0.465 e. The number of hydrogen-bond donors (Lipinski definition) is 0. The molecule has 0 unspecified atom stereocenters. The first-order valence-electron chi connectivity index (χ1n) is 13.4. The van der Waals surface area contributed by atoms with Gasteiger partial charge in [0.25, 0.3) is 0 Å². The zero-order valence-electron chi connectivity index (χ0n) is 22.0. The van der Waals surface area contributed by atoms with Gasteiger partial charge in [-0.2, -0.15) is 13.2 Å². The van der Waals surface area contributed by atoms with Crippen molar-refractivity contribution in [2.24, 2.45) is 5.41 Å². The molecule has 36 heavy (non-hydrogen) atoms. The van der Waals surface area contributed by atoms with E-state index in [1.807, 2.05) is 0 Å². The molecular weight excluding hydrogens is 476 g/mol. The lowest BCUT2D eigenvalue weighted by atomic mass is 9.82. The Kier molecular flexibility index (Phi) is 14.7. The molecule has 0 N–H and O–H groups in total. The van der Waals surface area contributed by atoms with Crippen molar-refractivity contribution >= 4 is 11.9 Å². The van der Waals surface area contributed by atoms with Gasteiger partial charge in [0.15, 0.2) is 17.0 Å². The SMILES string of the molecule is CCCCCCCCCCCCCCOC(=O)C(CC)(CC)C(=O)Oc1cccc(C(F)(F)F)c1F. The zero-order valence-corrected chi connectivity index (χ0v) is 22.0. The molecule has 0 amide bonds. The number of halogens is 4. The molecule has 1 aromatic rings. The molecule has 0 aliphatic carbocycles. The van der Waals surface area contributed by atoms with Crippen LogP contribution in [0.4, 0.5) is 17.6 Å². The molecular formula is C28H42F4O4. The van der Waals surface area contributed by atoms with E-state index < -0.39 is 40.7 Å². The third-order valence-corrected chi connectivity index (χ3v) is 6.69. The Hall–Kier alpha value is -2.12. The van der Waals surface area contributed by atoms with Crippen molar-refractivity contribution < 1.29 is 36.6 Å². The predicted octanol–water partition coefficient (Wildman–Crippen LogP) is 8.80. The van der Waals surface area contributed by atoms with Crippen LogP contribution in [-0.4, -0.2) is 18.5 Å². The van der Waals surface area contributed by atoms with Gasteiger partial charge in [0.1, 0.15) is 0 Å². The standard InChI is InChI=1S/C28H42F4O4/c1-4-7-8-9-10-11-12-13-14-15-16-17-21-35-25(33)27(5-2,6-3)26(34)36-23-20-18-19-22(24(23)29)28(30,31)32/h18-20H,4-17,21H2,1-3H3. The van der Waals surface area contributed by atoms with Crippen molar-refractivity contribution in [3.8, 4) is 5.75 Å². The maximum atomic E-state index is 14.3. The summed E-state index contributed by atoms with van der Waals surface area (Å²) in [4.78, 5) is 25.6. The van der Waals surface area contributed by atoms with Gasteiger partial charge in [0, 0.05) is 0 Å². The first-order valence-corrected chi connectivity index (χ1v) is 13.4. The molecule has 1 aromatic carbocycles. The summed E-state index contributed by atoms with van der Waals surface area (Å²) in [5, 5.41) is 0. The Bertz CT molecular complexity index is 788. The van der Waals surface area contributed by atoms with Crippen LogP contribution in [-0.2, 0) is 20.5 Å². The topological polar surface area (TPSA) is 52.6 Å². The summed E-state index contributed by atoms with van der Waals surface area (Å²) in [6.45, 7) is 5.52. The maximum Gasteiger partial charge on any atom is 0.419 e. The number of ether oxygens (including phenoxy) is 2. The number of esters is 2. The van der Waals surface area contributed by atoms with E-state index in [1.165, 1.54) is 51.4 Å². The van der Waals surface area contributed by atoms with Crippen LogP contribution in [0.25, 0.3) is 0 Å². The largest absolute Gasteiger partial charge is 0.465 e.